The number of rotatable bonds is 9. The van der Waals surface area contributed by atoms with Crippen molar-refractivity contribution < 1.29 is 9.53 Å². The van der Waals surface area contributed by atoms with Crippen LogP contribution in [0.3, 0.4) is 0 Å². The van der Waals surface area contributed by atoms with E-state index in [1.165, 1.54) is 5.56 Å². The van der Waals surface area contributed by atoms with Crippen molar-refractivity contribution in [1.29, 1.82) is 0 Å². The van der Waals surface area contributed by atoms with Crippen LogP contribution in [0.5, 0.6) is 5.75 Å². The summed E-state index contributed by atoms with van der Waals surface area (Å²) in [5.74, 6) is 0.951. The molecule has 2 N–H and O–H groups in total. The molecule has 0 bridgehead atoms. The van der Waals surface area contributed by atoms with Crippen molar-refractivity contribution >= 4 is 5.91 Å². The van der Waals surface area contributed by atoms with Gasteiger partial charge in [0.05, 0.1) is 6.61 Å². The third-order valence-corrected chi connectivity index (χ3v) is 4.35. The lowest BCUT2D eigenvalue weighted by Crippen LogP contribution is -2.27. The summed E-state index contributed by atoms with van der Waals surface area (Å²) < 4.78 is 5.46. The van der Waals surface area contributed by atoms with Gasteiger partial charge in [-0.3, -0.25) is 9.59 Å². The fourth-order valence-electron chi connectivity index (χ4n) is 2.86. The molecule has 3 aromatic rings. The molecule has 0 radical (unpaired) electrons. The molecule has 0 aliphatic rings. The van der Waals surface area contributed by atoms with Gasteiger partial charge < -0.3 is 15.0 Å². The van der Waals surface area contributed by atoms with E-state index in [-0.39, 0.29) is 30.0 Å². The molecule has 0 fully saturated rings. The Morgan fingerprint density at radius 1 is 1.07 bits per heavy atom. The fourth-order valence-corrected chi connectivity index (χ4v) is 2.86. The third-order valence-electron chi connectivity index (χ3n) is 4.35. The molecule has 1 amide bonds. The van der Waals surface area contributed by atoms with Crippen LogP contribution in [0, 0.1) is 0 Å². The Morgan fingerprint density at radius 2 is 1.90 bits per heavy atom. The second-order valence-electron chi connectivity index (χ2n) is 6.50. The molecule has 0 unspecified atom stereocenters. The Morgan fingerprint density at radius 3 is 2.66 bits per heavy atom. The Kier molecular flexibility index (Phi) is 7.10. The average molecular weight is 392 g/mol. The van der Waals surface area contributed by atoms with Crippen LogP contribution in [0.4, 0.5) is 0 Å². The lowest BCUT2D eigenvalue weighted by Gasteiger charge is -2.06. The molecule has 3 rings (SSSR count). The second-order valence-corrected chi connectivity index (χ2v) is 6.50. The Labute approximate surface area is 169 Å². The van der Waals surface area contributed by atoms with Crippen molar-refractivity contribution in [3.8, 4) is 17.1 Å². The van der Waals surface area contributed by atoms with E-state index in [0.29, 0.717) is 30.3 Å². The molecule has 7 nitrogen and oxygen atoms in total. The maximum Gasteiger partial charge on any atom is 0.273 e. The van der Waals surface area contributed by atoms with Gasteiger partial charge in [0.1, 0.15) is 11.4 Å². The largest absolute Gasteiger partial charge is 0.494 e. The van der Waals surface area contributed by atoms with E-state index >= 15 is 0 Å². The molecule has 1 aromatic heterocycles. The minimum Gasteiger partial charge on any atom is -0.494 e. The summed E-state index contributed by atoms with van der Waals surface area (Å²) in [6.45, 7) is 3.01. The maximum atomic E-state index is 12.3. The van der Waals surface area contributed by atoms with Gasteiger partial charge in [-0.1, -0.05) is 42.5 Å². The maximum absolute atomic E-state index is 12.3. The van der Waals surface area contributed by atoms with E-state index < -0.39 is 0 Å². The first-order valence-corrected chi connectivity index (χ1v) is 9.65. The van der Waals surface area contributed by atoms with Crippen molar-refractivity contribution in [3.05, 3.63) is 76.2 Å². The van der Waals surface area contributed by atoms with Gasteiger partial charge in [-0.15, -0.1) is 10.2 Å². The van der Waals surface area contributed by atoms with Crippen LogP contribution in [-0.4, -0.2) is 34.2 Å². The second kappa shape index (κ2) is 10.2. The predicted molar refractivity (Wildman–Crippen MR) is 111 cm³/mol. The predicted octanol–water partition coefficient (Wildman–Crippen LogP) is 2.52. The highest BCUT2D eigenvalue weighted by molar-refractivity contribution is 5.76. The van der Waals surface area contributed by atoms with Crippen LogP contribution < -0.4 is 15.6 Å². The number of H-pyrrole nitrogens is 1. The number of ether oxygens (including phenoxy) is 1. The number of aryl methyl sites for hydroxylation is 1. The molecule has 150 valence electrons. The Hall–Kier alpha value is -3.48. The van der Waals surface area contributed by atoms with E-state index in [1.54, 1.807) is 6.07 Å². The highest BCUT2D eigenvalue weighted by Crippen LogP contribution is 2.19. The van der Waals surface area contributed by atoms with Gasteiger partial charge in [0.15, 0.2) is 5.82 Å². The van der Waals surface area contributed by atoms with Gasteiger partial charge in [0.25, 0.3) is 5.56 Å². The van der Waals surface area contributed by atoms with Crippen molar-refractivity contribution in [2.75, 3.05) is 13.2 Å². The number of carbonyl (C=O) groups excluding carboxylic acids is 1. The summed E-state index contributed by atoms with van der Waals surface area (Å²) >= 11 is 0. The summed E-state index contributed by atoms with van der Waals surface area (Å²) in [4.78, 5) is 27.1. The number of hydrogen-bond donors (Lipinski definition) is 2. The number of nitrogens with one attached hydrogen (secondary N) is 2. The number of aromatic nitrogens is 3. The standard InChI is InChI=1S/C22H24N4O3/c1-2-29-18-10-6-9-17(15-18)21-24-22(28)19(25-26-21)11-12-20(27)23-14-13-16-7-4-3-5-8-16/h3-10,15H,2,11-14H2,1H3,(H,23,27)(H,24,26,28). The van der Waals surface area contributed by atoms with Crippen molar-refractivity contribution in [1.82, 2.24) is 20.5 Å². The van der Waals surface area contributed by atoms with Crippen molar-refractivity contribution in [2.24, 2.45) is 0 Å². The quantitative estimate of drug-likeness (QED) is 0.583. The van der Waals surface area contributed by atoms with E-state index in [2.05, 4.69) is 20.5 Å². The Balaban J connectivity index is 1.53. The van der Waals surface area contributed by atoms with Crippen LogP contribution in [0.25, 0.3) is 11.4 Å². The van der Waals surface area contributed by atoms with Gasteiger partial charge in [-0.25, -0.2) is 0 Å². The molecule has 29 heavy (non-hydrogen) atoms. The highest BCUT2D eigenvalue weighted by Gasteiger charge is 2.10. The number of carbonyl (C=O) groups is 1. The first kappa shape index (κ1) is 20.3. The minimum absolute atomic E-state index is 0.115. The zero-order valence-corrected chi connectivity index (χ0v) is 16.4. The van der Waals surface area contributed by atoms with Crippen LogP contribution in [0.15, 0.2) is 59.4 Å². The molecule has 0 aliphatic heterocycles. The molecule has 7 heteroatoms. The fraction of sp³-hybridized carbons (Fsp3) is 0.273. The molecule has 0 saturated heterocycles. The lowest BCUT2D eigenvalue weighted by atomic mass is 10.1. The topological polar surface area (TPSA) is 97.0 Å². The molecular weight excluding hydrogens is 368 g/mol. The smallest absolute Gasteiger partial charge is 0.273 e. The van der Waals surface area contributed by atoms with E-state index in [4.69, 9.17) is 4.74 Å². The Bertz CT molecular complexity index is 1000. The number of aromatic amines is 1. The number of benzene rings is 2. The summed E-state index contributed by atoms with van der Waals surface area (Å²) in [6.07, 6.45) is 1.19. The van der Waals surface area contributed by atoms with Crippen molar-refractivity contribution in [3.63, 3.8) is 0 Å². The van der Waals surface area contributed by atoms with Crippen LogP contribution in [-0.2, 0) is 17.6 Å². The van der Waals surface area contributed by atoms with Crippen LogP contribution in [0.2, 0.25) is 0 Å². The zero-order chi connectivity index (χ0) is 20.5. The van der Waals surface area contributed by atoms with Gasteiger partial charge in [-0.2, -0.15) is 0 Å². The summed E-state index contributed by atoms with van der Waals surface area (Å²) in [7, 11) is 0. The number of amides is 1. The van der Waals surface area contributed by atoms with E-state index in [0.717, 1.165) is 6.42 Å². The first-order valence-electron chi connectivity index (χ1n) is 9.65. The molecule has 0 saturated carbocycles. The molecular formula is C22H24N4O3. The summed E-state index contributed by atoms with van der Waals surface area (Å²) in [6, 6.07) is 17.2. The van der Waals surface area contributed by atoms with E-state index in [1.807, 2.05) is 55.5 Å². The van der Waals surface area contributed by atoms with Gasteiger partial charge in [-0.05, 0) is 31.0 Å². The molecule has 2 aromatic carbocycles. The summed E-state index contributed by atoms with van der Waals surface area (Å²) in [5, 5.41) is 11.0. The molecule has 0 aliphatic carbocycles. The summed E-state index contributed by atoms with van der Waals surface area (Å²) in [5.41, 5.74) is 1.78. The van der Waals surface area contributed by atoms with Gasteiger partial charge in [0.2, 0.25) is 5.91 Å². The molecule has 0 atom stereocenters. The number of nitrogens with zero attached hydrogens (tertiary/aromatic N) is 2. The lowest BCUT2D eigenvalue weighted by molar-refractivity contribution is -0.121. The third kappa shape index (κ3) is 6.00. The normalized spacial score (nSPS) is 10.5. The van der Waals surface area contributed by atoms with Crippen molar-refractivity contribution in [2.45, 2.75) is 26.2 Å². The first-order chi connectivity index (χ1) is 14.2. The average Bonchev–Trinajstić information content (AvgIpc) is 2.74. The molecule has 0 spiro atoms. The highest BCUT2D eigenvalue weighted by atomic mass is 16.5. The monoisotopic (exact) mass is 392 g/mol. The molecule has 1 heterocycles. The van der Waals surface area contributed by atoms with Crippen LogP contribution >= 0.6 is 0 Å². The SMILES string of the molecule is CCOc1cccc(-c2nnc(CCC(=O)NCCc3ccccc3)c(=O)[nH]2)c1. The minimum atomic E-state index is -0.339. The van der Waals surface area contributed by atoms with Gasteiger partial charge in [0, 0.05) is 24.9 Å². The zero-order valence-electron chi connectivity index (χ0n) is 16.4. The van der Waals surface area contributed by atoms with Gasteiger partial charge >= 0.3 is 0 Å². The van der Waals surface area contributed by atoms with E-state index in [9.17, 15) is 9.59 Å². The number of hydrogen-bond acceptors (Lipinski definition) is 5. The van der Waals surface area contributed by atoms with Crippen LogP contribution in [0.1, 0.15) is 24.6 Å².